The first-order valence-electron chi connectivity index (χ1n) is 5.30. The van der Waals surface area contributed by atoms with Gasteiger partial charge in [-0.3, -0.25) is 4.79 Å². The predicted octanol–water partition coefficient (Wildman–Crippen LogP) is 1.25. The summed E-state index contributed by atoms with van der Waals surface area (Å²) in [4.78, 5) is 22.6. The molecule has 1 rings (SSSR count). The number of carbonyl (C=O) groups is 2. The monoisotopic (exact) mass is 236 g/mol. The van der Waals surface area contributed by atoms with Gasteiger partial charge in [0, 0.05) is 13.2 Å². The standard InChI is InChI=1S/C12H16N2O3/c1-3-4-5-6-17-12(16)10-7-9(11(13)15)8-14(10)2/h3,7-8H,1,4-6H2,2H3,(H2,13,15). The zero-order valence-electron chi connectivity index (χ0n) is 9.81. The van der Waals surface area contributed by atoms with Crippen molar-refractivity contribution in [1.29, 1.82) is 0 Å². The van der Waals surface area contributed by atoms with Gasteiger partial charge in [-0.2, -0.15) is 0 Å². The summed E-state index contributed by atoms with van der Waals surface area (Å²) in [6.07, 6.45) is 4.81. The molecule has 17 heavy (non-hydrogen) atoms. The number of nitrogens with two attached hydrogens (primary N) is 1. The third-order valence-electron chi connectivity index (χ3n) is 2.28. The van der Waals surface area contributed by atoms with Gasteiger partial charge in [-0.05, 0) is 18.9 Å². The first-order valence-corrected chi connectivity index (χ1v) is 5.30. The SMILES string of the molecule is C=CCCCOC(=O)c1cc(C(N)=O)cn1C. The molecule has 0 aromatic carbocycles. The smallest absolute Gasteiger partial charge is 0.354 e. The van der Waals surface area contributed by atoms with Crippen molar-refractivity contribution in [3.63, 3.8) is 0 Å². The van der Waals surface area contributed by atoms with Gasteiger partial charge in [-0.25, -0.2) is 4.79 Å². The Morgan fingerprint density at radius 2 is 2.29 bits per heavy atom. The van der Waals surface area contributed by atoms with Gasteiger partial charge in [0.25, 0.3) is 0 Å². The highest BCUT2D eigenvalue weighted by molar-refractivity contribution is 5.96. The number of rotatable bonds is 6. The minimum Gasteiger partial charge on any atom is -0.461 e. The number of amides is 1. The van der Waals surface area contributed by atoms with Crippen LogP contribution < -0.4 is 5.73 Å². The van der Waals surface area contributed by atoms with Crippen molar-refractivity contribution in [2.75, 3.05) is 6.61 Å². The molecule has 0 saturated carbocycles. The Hall–Kier alpha value is -2.04. The highest BCUT2D eigenvalue weighted by Crippen LogP contribution is 2.08. The molecular weight excluding hydrogens is 220 g/mol. The molecule has 0 atom stereocenters. The largest absolute Gasteiger partial charge is 0.461 e. The highest BCUT2D eigenvalue weighted by atomic mass is 16.5. The van der Waals surface area contributed by atoms with Crippen LogP contribution in [0.4, 0.5) is 0 Å². The lowest BCUT2D eigenvalue weighted by atomic mass is 10.3. The topological polar surface area (TPSA) is 74.3 Å². The molecule has 0 spiro atoms. The van der Waals surface area contributed by atoms with Gasteiger partial charge in [-0.15, -0.1) is 6.58 Å². The Morgan fingerprint density at radius 1 is 1.59 bits per heavy atom. The number of unbranched alkanes of at least 4 members (excludes halogenated alkanes) is 1. The Morgan fingerprint density at radius 3 is 2.82 bits per heavy atom. The first-order chi connectivity index (χ1) is 8.06. The molecule has 0 unspecified atom stereocenters. The molecule has 0 aliphatic carbocycles. The molecule has 0 aliphatic heterocycles. The van der Waals surface area contributed by atoms with E-state index < -0.39 is 11.9 Å². The van der Waals surface area contributed by atoms with Crippen LogP contribution in [0.3, 0.4) is 0 Å². The molecule has 92 valence electrons. The summed E-state index contributed by atoms with van der Waals surface area (Å²) < 4.78 is 6.57. The van der Waals surface area contributed by atoms with Crippen molar-refractivity contribution in [1.82, 2.24) is 4.57 Å². The molecule has 2 N–H and O–H groups in total. The normalized spacial score (nSPS) is 9.94. The molecule has 0 radical (unpaired) electrons. The van der Waals surface area contributed by atoms with Gasteiger partial charge in [0.2, 0.25) is 5.91 Å². The fourth-order valence-corrected chi connectivity index (χ4v) is 1.37. The molecule has 1 aromatic rings. The van der Waals surface area contributed by atoms with Crippen LogP contribution in [0.1, 0.15) is 33.7 Å². The zero-order valence-corrected chi connectivity index (χ0v) is 9.81. The maximum Gasteiger partial charge on any atom is 0.354 e. The summed E-state index contributed by atoms with van der Waals surface area (Å²) in [5.41, 5.74) is 5.73. The number of ether oxygens (including phenoxy) is 1. The Balaban J connectivity index is 2.62. The number of hydrogen-bond donors (Lipinski definition) is 1. The van der Waals surface area contributed by atoms with E-state index in [1.54, 1.807) is 13.1 Å². The van der Waals surface area contributed by atoms with E-state index in [1.165, 1.54) is 16.8 Å². The molecule has 0 fully saturated rings. The maximum atomic E-state index is 11.6. The quantitative estimate of drug-likeness (QED) is 0.459. The zero-order chi connectivity index (χ0) is 12.8. The van der Waals surface area contributed by atoms with Crippen molar-refractivity contribution in [3.8, 4) is 0 Å². The second-order valence-electron chi connectivity index (χ2n) is 3.66. The van der Waals surface area contributed by atoms with Crippen LogP contribution in [0.25, 0.3) is 0 Å². The number of carbonyl (C=O) groups excluding carboxylic acids is 2. The Labute approximate surface area is 99.9 Å². The van der Waals surface area contributed by atoms with E-state index in [1.807, 2.05) is 0 Å². The van der Waals surface area contributed by atoms with Crippen LogP contribution in [0.5, 0.6) is 0 Å². The van der Waals surface area contributed by atoms with Crippen LogP contribution in [-0.2, 0) is 11.8 Å². The Kier molecular flexibility index (Phi) is 4.51. The highest BCUT2D eigenvalue weighted by Gasteiger charge is 2.15. The van der Waals surface area contributed by atoms with Crippen molar-refractivity contribution < 1.29 is 14.3 Å². The number of aromatic nitrogens is 1. The molecule has 0 bridgehead atoms. The number of nitrogens with zero attached hydrogens (tertiary/aromatic N) is 1. The van der Waals surface area contributed by atoms with Crippen LogP contribution in [0.2, 0.25) is 0 Å². The molecule has 1 heterocycles. The number of hydrogen-bond acceptors (Lipinski definition) is 3. The van der Waals surface area contributed by atoms with E-state index in [9.17, 15) is 9.59 Å². The van der Waals surface area contributed by atoms with Crippen molar-refractivity contribution in [2.24, 2.45) is 12.8 Å². The predicted molar refractivity (Wildman–Crippen MR) is 63.6 cm³/mol. The fourth-order valence-electron chi connectivity index (χ4n) is 1.37. The average Bonchev–Trinajstić information content (AvgIpc) is 2.67. The summed E-state index contributed by atoms with van der Waals surface area (Å²) in [7, 11) is 1.66. The maximum absolute atomic E-state index is 11.6. The van der Waals surface area contributed by atoms with Crippen LogP contribution in [-0.4, -0.2) is 23.1 Å². The van der Waals surface area contributed by atoms with Gasteiger partial charge < -0.3 is 15.0 Å². The second kappa shape index (κ2) is 5.89. The molecule has 1 amide bonds. The van der Waals surface area contributed by atoms with Gasteiger partial charge in [0.15, 0.2) is 0 Å². The van der Waals surface area contributed by atoms with E-state index in [0.29, 0.717) is 17.9 Å². The molecule has 1 aromatic heterocycles. The van der Waals surface area contributed by atoms with Gasteiger partial charge >= 0.3 is 5.97 Å². The summed E-state index contributed by atoms with van der Waals surface area (Å²) in [5, 5.41) is 0. The van der Waals surface area contributed by atoms with Crippen molar-refractivity contribution >= 4 is 11.9 Å². The average molecular weight is 236 g/mol. The summed E-state index contributed by atoms with van der Waals surface area (Å²) in [6.45, 7) is 3.91. The molecule has 0 aliphatic rings. The van der Waals surface area contributed by atoms with Crippen LogP contribution >= 0.6 is 0 Å². The van der Waals surface area contributed by atoms with Gasteiger partial charge in [-0.1, -0.05) is 6.08 Å². The molecule has 5 heteroatoms. The van der Waals surface area contributed by atoms with Crippen molar-refractivity contribution in [3.05, 3.63) is 36.2 Å². The van der Waals surface area contributed by atoms with Crippen LogP contribution in [0, 0.1) is 0 Å². The van der Waals surface area contributed by atoms with E-state index in [-0.39, 0.29) is 0 Å². The van der Waals surface area contributed by atoms with E-state index >= 15 is 0 Å². The fraction of sp³-hybridized carbons (Fsp3) is 0.333. The van der Waals surface area contributed by atoms with Gasteiger partial charge in [0.05, 0.1) is 12.2 Å². The number of esters is 1. The lowest BCUT2D eigenvalue weighted by Gasteiger charge is -2.04. The van der Waals surface area contributed by atoms with Crippen molar-refractivity contribution in [2.45, 2.75) is 12.8 Å². The number of allylic oxidation sites excluding steroid dienone is 1. The first kappa shape index (κ1) is 13.0. The van der Waals surface area contributed by atoms with E-state index in [0.717, 1.165) is 12.8 Å². The molecule has 0 saturated heterocycles. The lowest BCUT2D eigenvalue weighted by molar-refractivity contribution is 0.0490. The lowest BCUT2D eigenvalue weighted by Crippen LogP contribution is -2.10. The number of primary amides is 1. The summed E-state index contributed by atoms with van der Waals surface area (Å²) >= 11 is 0. The van der Waals surface area contributed by atoms with Gasteiger partial charge in [0.1, 0.15) is 5.69 Å². The summed E-state index contributed by atoms with van der Waals surface area (Å²) in [6, 6.07) is 1.43. The van der Waals surface area contributed by atoms with E-state index in [4.69, 9.17) is 10.5 Å². The Bertz CT molecular complexity index is 435. The molecular formula is C12H16N2O3. The summed E-state index contributed by atoms with van der Waals surface area (Å²) in [5.74, 6) is -1.02. The van der Waals surface area contributed by atoms with E-state index in [2.05, 4.69) is 6.58 Å². The number of aryl methyl sites for hydroxylation is 1. The third-order valence-corrected chi connectivity index (χ3v) is 2.28. The second-order valence-corrected chi connectivity index (χ2v) is 3.66. The third kappa shape index (κ3) is 3.48. The molecule has 5 nitrogen and oxygen atoms in total. The minimum absolute atomic E-state index is 0.297. The van der Waals surface area contributed by atoms with Crippen LogP contribution in [0.15, 0.2) is 24.9 Å². The minimum atomic E-state index is -0.564.